The lowest BCUT2D eigenvalue weighted by Gasteiger charge is -2.39. The van der Waals surface area contributed by atoms with Gasteiger partial charge in [0.2, 0.25) is 0 Å². The topological polar surface area (TPSA) is 91.6 Å². The quantitative estimate of drug-likeness (QED) is 0.703. The Labute approximate surface area is 195 Å². The van der Waals surface area contributed by atoms with Gasteiger partial charge in [-0.2, -0.15) is 0 Å². The Morgan fingerprint density at radius 2 is 1.94 bits per heavy atom. The summed E-state index contributed by atoms with van der Waals surface area (Å²) in [6, 6.07) is 8.38. The molecule has 5 rings (SSSR count). The van der Waals surface area contributed by atoms with Crippen LogP contribution >= 0.6 is 0 Å². The van der Waals surface area contributed by atoms with Crippen LogP contribution in [0.4, 0.5) is 11.5 Å². The molecule has 2 aromatic rings. The first-order chi connectivity index (χ1) is 15.9. The molecule has 3 aliphatic rings. The number of rotatable bonds is 3. The number of likely N-dealkylation sites (tertiary alicyclic amines) is 1. The SMILES string of the molecule is C[C@H]1CC[C@H](c2ccc3c(c2)CCN(C)C3)N(C(=O)C(=O)Nc2cnc(N)c(C3CC3)c2)C1. The van der Waals surface area contributed by atoms with Gasteiger partial charge in [-0.15, -0.1) is 0 Å². The van der Waals surface area contributed by atoms with Crippen LogP contribution in [-0.4, -0.2) is 46.7 Å². The van der Waals surface area contributed by atoms with E-state index in [0.717, 1.165) is 56.3 Å². The molecule has 3 heterocycles. The molecular weight excluding hydrogens is 414 g/mol. The van der Waals surface area contributed by atoms with Gasteiger partial charge >= 0.3 is 11.8 Å². The summed E-state index contributed by atoms with van der Waals surface area (Å²) in [5, 5.41) is 2.78. The summed E-state index contributed by atoms with van der Waals surface area (Å²) in [4.78, 5) is 34.6. The first kappa shape index (κ1) is 21.9. The molecule has 1 aliphatic carbocycles. The highest BCUT2D eigenvalue weighted by Crippen LogP contribution is 2.43. The molecule has 2 aliphatic heterocycles. The lowest BCUT2D eigenvalue weighted by atomic mass is 9.87. The Morgan fingerprint density at radius 3 is 2.73 bits per heavy atom. The molecule has 33 heavy (non-hydrogen) atoms. The first-order valence-corrected chi connectivity index (χ1v) is 12.1. The summed E-state index contributed by atoms with van der Waals surface area (Å²) in [6.45, 7) is 4.73. The van der Waals surface area contributed by atoms with Crippen molar-refractivity contribution in [3.63, 3.8) is 0 Å². The number of nitrogens with zero attached hydrogens (tertiary/aromatic N) is 3. The normalized spacial score (nSPS) is 23.2. The number of nitrogen functional groups attached to an aromatic ring is 1. The van der Waals surface area contributed by atoms with E-state index in [-0.39, 0.29) is 6.04 Å². The van der Waals surface area contributed by atoms with Crippen molar-refractivity contribution in [2.75, 3.05) is 31.2 Å². The molecule has 2 fully saturated rings. The van der Waals surface area contributed by atoms with Crippen molar-refractivity contribution in [3.8, 4) is 0 Å². The number of aromatic nitrogens is 1. The van der Waals surface area contributed by atoms with Crippen LogP contribution in [0.25, 0.3) is 0 Å². The highest BCUT2D eigenvalue weighted by Gasteiger charge is 2.35. The fourth-order valence-electron chi connectivity index (χ4n) is 5.24. The number of anilines is 2. The average molecular weight is 448 g/mol. The van der Waals surface area contributed by atoms with Gasteiger partial charge < -0.3 is 20.9 Å². The molecule has 0 unspecified atom stereocenters. The summed E-state index contributed by atoms with van der Waals surface area (Å²) in [7, 11) is 2.14. The number of benzene rings is 1. The number of fused-ring (bicyclic) bond motifs is 1. The van der Waals surface area contributed by atoms with E-state index in [2.05, 4.69) is 47.4 Å². The fourth-order valence-corrected chi connectivity index (χ4v) is 5.24. The minimum absolute atomic E-state index is 0.0732. The van der Waals surface area contributed by atoms with Crippen LogP contribution in [-0.2, 0) is 22.6 Å². The molecule has 2 atom stereocenters. The van der Waals surface area contributed by atoms with Crippen LogP contribution in [0.1, 0.15) is 66.8 Å². The number of carbonyl (C=O) groups excluding carboxylic acids is 2. The molecule has 7 nitrogen and oxygen atoms in total. The third kappa shape index (κ3) is 4.60. The maximum atomic E-state index is 13.3. The Balaban J connectivity index is 1.35. The number of hydrogen-bond donors (Lipinski definition) is 2. The third-order valence-corrected chi connectivity index (χ3v) is 7.32. The summed E-state index contributed by atoms with van der Waals surface area (Å²) >= 11 is 0. The molecule has 0 spiro atoms. The van der Waals surface area contributed by atoms with Gasteiger partial charge in [0.05, 0.1) is 17.9 Å². The number of nitrogens with one attached hydrogen (secondary N) is 1. The lowest BCUT2D eigenvalue weighted by Crippen LogP contribution is -2.46. The molecule has 0 bridgehead atoms. The maximum absolute atomic E-state index is 13.3. The molecule has 1 aromatic heterocycles. The number of pyridine rings is 1. The minimum atomic E-state index is -0.609. The Bertz CT molecular complexity index is 1080. The van der Waals surface area contributed by atoms with Crippen LogP contribution < -0.4 is 11.1 Å². The maximum Gasteiger partial charge on any atom is 0.313 e. The van der Waals surface area contributed by atoms with Crippen molar-refractivity contribution in [3.05, 3.63) is 52.7 Å². The number of hydrogen-bond acceptors (Lipinski definition) is 5. The van der Waals surface area contributed by atoms with Crippen LogP contribution in [0.15, 0.2) is 30.5 Å². The second-order valence-electron chi connectivity index (χ2n) is 10.1. The van der Waals surface area contributed by atoms with Crippen molar-refractivity contribution in [1.82, 2.24) is 14.8 Å². The van der Waals surface area contributed by atoms with Crippen molar-refractivity contribution >= 4 is 23.3 Å². The van der Waals surface area contributed by atoms with E-state index < -0.39 is 11.8 Å². The predicted molar refractivity (Wildman–Crippen MR) is 129 cm³/mol. The summed E-state index contributed by atoms with van der Waals surface area (Å²) in [5.74, 6) is 0.200. The number of nitrogens with two attached hydrogens (primary N) is 1. The predicted octanol–water partition coefficient (Wildman–Crippen LogP) is 3.47. The highest BCUT2D eigenvalue weighted by molar-refractivity contribution is 6.39. The van der Waals surface area contributed by atoms with E-state index >= 15 is 0 Å². The van der Waals surface area contributed by atoms with E-state index in [0.29, 0.717) is 29.9 Å². The van der Waals surface area contributed by atoms with Gasteiger partial charge in [0.15, 0.2) is 0 Å². The van der Waals surface area contributed by atoms with Crippen LogP contribution in [0.5, 0.6) is 0 Å². The van der Waals surface area contributed by atoms with Gasteiger partial charge in [0.25, 0.3) is 0 Å². The largest absolute Gasteiger partial charge is 0.383 e. The summed E-state index contributed by atoms with van der Waals surface area (Å²) in [6.07, 6.45) is 6.64. The van der Waals surface area contributed by atoms with Gasteiger partial charge in [-0.25, -0.2) is 4.98 Å². The molecule has 1 aromatic carbocycles. The van der Waals surface area contributed by atoms with Gasteiger partial charge in [-0.05, 0) is 79.3 Å². The molecule has 3 N–H and O–H groups in total. The molecule has 1 saturated carbocycles. The van der Waals surface area contributed by atoms with Crippen molar-refractivity contribution in [2.45, 2.75) is 57.5 Å². The average Bonchev–Trinajstić information content (AvgIpc) is 3.65. The zero-order valence-corrected chi connectivity index (χ0v) is 19.5. The summed E-state index contributed by atoms with van der Waals surface area (Å²) in [5.41, 5.74) is 11.3. The Hall–Kier alpha value is -2.93. The van der Waals surface area contributed by atoms with E-state index in [9.17, 15) is 9.59 Å². The molecule has 1 saturated heterocycles. The number of likely N-dealkylation sites (N-methyl/N-ethyl adjacent to an activating group) is 1. The van der Waals surface area contributed by atoms with Crippen LogP contribution in [0, 0.1) is 5.92 Å². The summed E-state index contributed by atoms with van der Waals surface area (Å²) < 4.78 is 0. The van der Waals surface area contributed by atoms with Gasteiger partial charge in [-0.1, -0.05) is 25.1 Å². The molecule has 2 amide bonds. The Morgan fingerprint density at radius 1 is 1.12 bits per heavy atom. The molecule has 0 radical (unpaired) electrons. The molecule has 174 valence electrons. The lowest BCUT2D eigenvalue weighted by molar-refractivity contribution is -0.146. The second kappa shape index (κ2) is 8.78. The van der Waals surface area contributed by atoms with E-state index in [4.69, 9.17) is 5.73 Å². The standard InChI is InChI=1S/C26H33N5O2/c1-16-3-8-23(19-6-7-20-15-30(2)10-9-18(20)11-19)31(14-16)26(33)25(32)29-21-12-22(17-4-5-17)24(27)28-13-21/h6-7,11-13,16-17,23H,3-5,8-10,14-15H2,1-2H3,(H2,27,28)(H,29,32)/t16-,23+/m0/s1. The van der Waals surface area contributed by atoms with Crippen molar-refractivity contribution in [1.29, 1.82) is 0 Å². The van der Waals surface area contributed by atoms with E-state index in [1.807, 2.05) is 6.07 Å². The fraction of sp³-hybridized carbons (Fsp3) is 0.500. The number of carbonyl (C=O) groups is 2. The van der Waals surface area contributed by atoms with Gasteiger partial charge in [0, 0.05) is 19.6 Å². The molecule has 7 heteroatoms. The van der Waals surface area contributed by atoms with Gasteiger partial charge in [0.1, 0.15) is 5.82 Å². The van der Waals surface area contributed by atoms with Crippen molar-refractivity contribution in [2.24, 2.45) is 5.92 Å². The first-order valence-electron chi connectivity index (χ1n) is 12.1. The number of amides is 2. The minimum Gasteiger partial charge on any atom is -0.383 e. The molecular formula is C26H33N5O2. The van der Waals surface area contributed by atoms with E-state index in [1.54, 1.807) is 4.90 Å². The third-order valence-electron chi connectivity index (χ3n) is 7.32. The Kier molecular flexibility index (Phi) is 5.83. The number of piperidine rings is 1. The van der Waals surface area contributed by atoms with Crippen LogP contribution in [0.2, 0.25) is 0 Å². The second-order valence-corrected chi connectivity index (χ2v) is 10.1. The van der Waals surface area contributed by atoms with Gasteiger partial charge in [-0.3, -0.25) is 9.59 Å². The van der Waals surface area contributed by atoms with Crippen molar-refractivity contribution < 1.29 is 9.59 Å². The van der Waals surface area contributed by atoms with Crippen LogP contribution in [0.3, 0.4) is 0 Å². The monoisotopic (exact) mass is 447 g/mol. The zero-order valence-electron chi connectivity index (χ0n) is 19.5. The van der Waals surface area contributed by atoms with E-state index in [1.165, 1.54) is 17.3 Å². The smallest absolute Gasteiger partial charge is 0.313 e. The zero-order chi connectivity index (χ0) is 23.1. The highest BCUT2D eigenvalue weighted by atomic mass is 16.2.